The molecule has 198 valence electrons. The van der Waals surface area contributed by atoms with Gasteiger partial charge in [0, 0.05) is 19.8 Å². The number of halogens is 3. The highest BCUT2D eigenvalue weighted by Gasteiger charge is 2.30. The molecule has 0 heterocycles. The maximum atomic E-state index is 12.2. The van der Waals surface area contributed by atoms with Crippen molar-refractivity contribution in [2.24, 2.45) is 0 Å². The summed E-state index contributed by atoms with van der Waals surface area (Å²) in [6.07, 6.45) is 2.51. The van der Waals surface area contributed by atoms with Crippen LogP contribution in [0.5, 0.6) is 0 Å². The lowest BCUT2D eigenvalue weighted by Crippen LogP contribution is -2.51. The van der Waals surface area contributed by atoms with Crippen LogP contribution < -0.4 is 5.32 Å². The summed E-state index contributed by atoms with van der Waals surface area (Å²) in [4.78, 5) is 12.2. The van der Waals surface area contributed by atoms with E-state index in [1.807, 2.05) is 13.8 Å². The number of ether oxygens (including phenoxy) is 5. The van der Waals surface area contributed by atoms with Crippen molar-refractivity contribution < 1.29 is 33.6 Å². The minimum Gasteiger partial charge on any atom is -0.445 e. The van der Waals surface area contributed by atoms with Gasteiger partial charge in [0.25, 0.3) is 0 Å². The Morgan fingerprint density at radius 3 is 2.03 bits per heavy atom. The molecule has 0 bridgehead atoms. The van der Waals surface area contributed by atoms with Gasteiger partial charge in [0.1, 0.15) is 18.8 Å². The molecule has 0 aromatic rings. The van der Waals surface area contributed by atoms with E-state index in [1.54, 1.807) is 0 Å². The average Bonchev–Trinajstić information content (AvgIpc) is 2.76. The van der Waals surface area contributed by atoms with Gasteiger partial charge in [-0.2, -0.15) is 0 Å². The van der Waals surface area contributed by atoms with E-state index in [0.717, 1.165) is 38.5 Å². The van der Waals surface area contributed by atoms with E-state index < -0.39 is 34.9 Å². The Morgan fingerprint density at radius 2 is 1.48 bits per heavy atom. The van der Waals surface area contributed by atoms with Gasteiger partial charge in [-0.15, -0.1) is 0 Å². The van der Waals surface area contributed by atoms with Crippen molar-refractivity contribution in [1.82, 2.24) is 5.32 Å². The van der Waals surface area contributed by atoms with Gasteiger partial charge in [-0.1, -0.05) is 74.8 Å². The van der Waals surface area contributed by atoms with Crippen LogP contribution in [-0.2, 0) is 23.7 Å². The molecular formula is C22H42Cl3NO7. The monoisotopic (exact) mass is 537 g/mol. The minimum absolute atomic E-state index is 0.0124. The number of nitrogens with one attached hydrogen (secondary N) is 1. The Kier molecular flexibility index (Phi) is 20.1. The van der Waals surface area contributed by atoms with E-state index in [9.17, 15) is 9.90 Å². The highest BCUT2D eigenvalue weighted by Crippen LogP contribution is 2.25. The van der Waals surface area contributed by atoms with Gasteiger partial charge in [-0.25, -0.2) is 4.79 Å². The molecule has 11 heteroatoms. The predicted molar refractivity (Wildman–Crippen MR) is 131 cm³/mol. The number of rotatable bonds is 20. The number of alkyl halides is 3. The van der Waals surface area contributed by atoms with Crippen LogP contribution in [-0.4, -0.2) is 79.2 Å². The number of aliphatic hydroxyl groups excluding tert-OH is 1. The van der Waals surface area contributed by atoms with Gasteiger partial charge >= 0.3 is 6.09 Å². The van der Waals surface area contributed by atoms with Crippen LogP contribution >= 0.6 is 34.8 Å². The summed E-state index contributed by atoms with van der Waals surface area (Å²) < 4.78 is 26.2. The number of unbranched alkanes of at least 4 members (excludes halogenated alkanes) is 3. The molecule has 0 aliphatic heterocycles. The van der Waals surface area contributed by atoms with E-state index in [4.69, 9.17) is 58.5 Å². The second-order valence-corrected chi connectivity index (χ2v) is 10.3. The standard InChI is InChI=1S/C22H42Cl3NO7/c1-5-8-11-29-14-18(26-21(28)32-16-22(23,24)25)20(27)33-19(15-30-12-9-6-2)17(4)31-13-10-7-3/h17-20,27H,5-16H2,1-4H3,(H,26,28)/t17-,18-,19?,20-/m0/s1. The van der Waals surface area contributed by atoms with Crippen LogP contribution in [0.4, 0.5) is 4.79 Å². The predicted octanol–water partition coefficient (Wildman–Crippen LogP) is 4.99. The van der Waals surface area contributed by atoms with Crippen LogP contribution in [0.3, 0.4) is 0 Å². The molecule has 0 aliphatic rings. The second-order valence-electron chi connectivity index (χ2n) is 7.79. The normalized spacial score (nSPS) is 15.6. The summed E-state index contributed by atoms with van der Waals surface area (Å²) in [6.45, 7) is 9.51. The van der Waals surface area contributed by atoms with Crippen molar-refractivity contribution in [3.05, 3.63) is 0 Å². The Labute approximate surface area is 213 Å². The third-order valence-corrected chi connectivity index (χ3v) is 4.92. The first-order valence-corrected chi connectivity index (χ1v) is 12.9. The van der Waals surface area contributed by atoms with Gasteiger partial charge in [-0.3, -0.25) is 0 Å². The maximum absolute atomic E-state index is 12.2. The fraction of sp³-hybridized carbons (Fsp3) is 0.955. The first-order valence-electron chi connectivity index (χ1n) is 11.7. The quantitative estimate of drug-likeness (QED) is 0.128. The molecule has 0 rings (SSSR count). The topological polar surface area (TPSA) is 95.5 Å². The number of carbonyl (C=O) groups is 1. The van der Waals surface area contributed by atoms with Crippen LogP contribution in [0.1, 0.15) is 66.2 Å². The lowest BCUT2D eigenvalue weighted by Gasteiger charge is -2.31. The second kappa shape index (κ2) is 20.2. The van der Waals surface area contributed by atoms with Crippen molar-refractivity contribution in [2.45, 2.75) is 94.6 Å². The Bertz CT molecular complexity index is 483. The fourth-order valence-corrected chi connectivity index (χ4v) is 2.68. The van der Waals surface area contributed by atoms with Gasteiger partial charge in [-0.05, 0) is 26.2 Å². The molecule has 4 atom stereocenters. The molecule has 0 aromatic heterocycles. The summed E-state index contributed by atoms with van der Waals surface area (Å²) in [5.74, 6) is 0. The summed E-state index contributed by atoms with van der Waals surface area (Å²) in [6, 6.07) is -0.911. The summed E-state index contributed by atoms with van der Waals surface area (Å²) in [5.41, 5.74) is 0. The Morgan fingerprint density at radius 1 is 0.939 bits per heavy atom. The van der Waals surface area contributed by atoms with Gasteiger partial charge in [0.15, 0.2) is 6.29 Å². The zero-order valence-corrected chi connectivity index (χ0v) is 22.6. The van der Waals surface area contributed by atoms with E-state index in [0.29, 0.717) is 19.8 Å². The van der Waals surface area contributed by atoms with Gasteiger partial charge in [0.05, 0.1) is 19.3 Å². The Hall–Kier alpha value is -0.0600. The molecule has 0 spiro atoms. The number of alkyl carbamates (subject to hydrolysis) is 1. The molecule has 2 N–H and O–H groups in total. The largest absolute Gasteiger partial charge is 0.445 e. The molecule has 1 unspecified atom stereocenters. The van der Waals surface area contributed by atoms with Crippen LogP contribution in [0.25, 0.3) is 0 Å². The lowest BCUT2D eigenvalue weighted by molar-refractivity contribution is -0.202. The highest BCUT2D eigenvalue weighted by atomic mass is 35.6. The molecule has 0 aliphatic carbocycles. The Balaban J connectivity index is 5.08. The molecule has 0 saturated heterocycles. The zero-order chi connectivity index (χ0) is 25.1. The molecule has 0 radical (unpaired) electrons. The summed E-state index contributed by atoms with van der Waals surface area (Å²) in [7, 11) is 0. The average molecular weight is 539 g/mol. The molecular weight excluding hydrogens is 497 g/mol. The number of amides is 1. The molecule has 8 nitrogen and oxygen atoms in total. The third kappa shape index (κ3) is 18.9. The van der Waals surface area contributed by atoms with Crippen LogP contribution in [0, 0.1) is 0 Å². The molecule has 1 amide bonds. The minimum atomic E-state index is -1.74. The van der Waals surface area contributed by atoms with E-state index in [2.05, 4.69) is 19.2 Å². The SMILES string of the molecule is CCCCOCC(O[C@H](O)[C@H](COCCCC)NC(=O)OCC(Cl)(Cl)Cl)[C@H](C)OCCCC. The van der Waals surface area contributed by atoms with Crippen LogP contribution in [0.15, 0.2) is 0 Å². The van der Waals surface area contributed by atoms with E-state index in [-0.39, 0.29) is 19.3 Å². The fourth-order valence-electron chi connectivity index (χ4n) is 2.52. The van der Waals surface area contributed by atoms with Crippen molar-refractivity contribution in [3.63, 3.8) is 0 Å². The highest BCUT2D eigenvalue weighted by molar-refractivity contribution is 6.67. The number of aliphatic hydroxyl groups is 1. The summed E-state index contributed by atoms with van der Waals surface area (Å²) >= 11 is 16.9. The van der Waals surface area contributed by atoms with Crippen molar-refractivity contribution in [2.75, 3.05) is 39.6 Å². The molecule has 0 saturated carbocycles. The van der Waals surface area contributed by atoms with Crippen LogP contribution in [0.2, 0.25) is 0 Å². The van der Waals surface area contributed by atoms with E-state index >= 15 is 0 Å². The maximum Gasteiger partial charge on any atom is 0.407 e. The molecule has 33 heavy (non-hydrogen) atoms. The zero-order valence-electron chi connectivity index (χ0n) is 20.3. The van der Waals surface area contributed by atoms with Gasteiger partial charge in [0.2, 0.25) is 3.79 Å². The van der Waals surface area contributed by atoms with E-state index in [1.165, 1.54) is 0 Å². The molecule has 0 fully saturated rings. The number of hydrogen-bond acceptors (Lipinski definition) is 7. The van der Waals surface area contributed by atoms with Crippen molar-refractivity contribution in [1.29, 1.82) is 0 Å². The molecule has 0 aromatic carbocycles. The first kappa shape index (κ1) is 32.9. The number of carbonyl (C=O) groups excluding carboxylic acids is 1. The third-order valence-electron chi connectivity index (χ3n) is 4.59. The first-order chi connectivity index (χ1) is 15.6. The van der Waals surface area contributed by atoms with Crippen molar-refractivity contribution >= 4 is 40.9 Å². The lowest BCUT2D eigenvalue weighted by atomic mass is 10.2. The smallest absolute Gasteiger partial charge is 0.407 e. The van der Waals surface area contributed by atoms with Crippen molar-refractivity contribution in [3.8, 4) is 0 Å². The summed E-state index contributed by atoms with van der Waals surface area (Å²) in [5, 5.41) is 13.3. The number of hydrogen-bond donors (Lipinski definition) is 2. The van der Waals surface area contributed by atoms with Gasteiger partial charge < -0.3 is 34.1 Å².